The van der Waals surface area contributed by atoms with Gasteiger partial charge in [-0.2, -0.15) is 0 Å². The van der Waals surface area contributed by atoms with Crippen molar-refractivity contribution in [1.29, 1.82) is 0 Å². The fraction of sp³-hybridized carbons (Fsp3) is 0.850. The Kier molecular flexibility index (Phi) is 5.79. The Hall–Kier alpha value is -1.63. The molecule has 0 spiro atoms. The van der Waals surface area contributed by atoms with Crippen LogP contribution in [0.15, 0.2) is 0 Å². The summed E-state index contributed by atoms with van der Waals surface area (Å²) in [5.74, 6) is 0.267. The SMILES string of the molecule is CC(=O)N[C@H]1C[C@H]2CN(CCC(C)(C)C)[C@@H](CNC(=O)C3CC3)C(=O)N2C1. The molecule has 2 saturated heterocycles. The predicted molar refractivity (Wildman–Crippen MR) is 103 cm³/mol. The average Bonchev–Trinajstić information content (AvgIpc) is 3.32. The van der Waals surface area contributed by atoms with Gasteiger partial charge < -0.3 is 15.5 Å². The lowest BCUT2D eigenvalue weighted by Gasteiger charge is -2.43. The van der Waals surface area contributed by atoms with E-state index in [1.165, 1.54) is 6.92 Å². The van der Waals surface area contributed by atoms with Gasteiger partial charge in [0.05, 0.1) is 0 Å². The summed E-state index contributed by atoms with van der Waals surface area (Å²) in [5.41, 5.74) is 0.191. The van der Waals surface area contributed by atoms with E-state index in [-0.39, 0.29) is 47.2 Å². The number of carbonyl (C=O) groups excluding carboxylic acids is 3. The first-order chi connectivity index (χ1) is 12.6. The van der Waals surface area contributed by atoms with Gasteiger partial charge in [-0.05, 0) is 37.6 Å². The molecule has 7 heteroatoms. The Morgan fingerprint density at radius 1 is 1.19 bits per heavy atom. The van der Waals surface area contributed by atoms with Crippen molar-refractivity contribution in [2.45, 2.75) is 71.5 Å². The number of nitrogens with zero attached hydrogens (tertiary/aromatic N) is 2. The maximum absolute atomic E-state index is 13.2. The first-order valence-corrected chi connectivity index (χ1v) is 10.2. The second kappa shape index (κ2) is 7.78. The quantitative estimate of drug-likeness (QED) is 0.714. The van der Waals surface area contributed by atoms with Gasteiger partial charge in [0.25, 0.3) is 0 Å². The molecular formula is C20H34N4O3. The summed E-state index contributed by atoms with van der Waals surface area (Å²) in [4.78, 5) is 40.8. The molecule has 0 aromatic carbocycles. The van der Waals surface area contributed by atoms with E-state index in [4.69, 9.17) is 0 Å². The van der Waals surface area contributed by atoms with Gasteiger partial charge >= 0.3 is 0 Å². The minimum Gasteiger partial charge on any atom is -0.354 e. The molecule has 0 radical (unpaired) electrons. The standard InChI is InChI=1S/C20H34N4O3/c1-13(25)22-15-9-16-12-23(8-7-20(2,3)4)17(19(27)24(16)11-15)10-21-18(26)14-5-6-14/h14-17H,5-12H2,1-4H3,(H,21,26)(H,22,25)/t15-,16-,17-/m0/s1. The Morgan fingerprint density at radius 2 is 1.89 bits per heavy atom. The summed E-state index contributed by atoms with van der Waals surface area (Å²) in [7, 11) is 0. The highest BCUT2D eigenvalue weighted by Crippen LogP contribution is 2.30. The van der Waals surface area contributed by atoms with Gasteiger partial charge in [0, 0.05) is 44.6 Å². The van der Waals surface area contributed by atoms with E-state index in [1.54, 1.807) is 0 Å². The van der Waals surface area contributed by atoms with Crippen molar-refractivity contribution in [1.82, 2.24) is 20.4 Å². The van der Waals surface area contributed by atoms with Gasteiger partial charge in [-0.3, -0.25) is 19.3 Å². The zero-order valence-electron chi connectivity index (χ0n) is 17.1. The van der Waals surface area contributed by atoms with Crippen molar-refractivity contribution in [2.24, 2.45) is 11.3 Å². The minimum absolute atomic E-state index is 0.0284. The number of rotatable bonds is 6. The molecule has 27 heavy (non-hydrogen) atoms. The first-order valence-electron chi connectivity index (χ1n) is 10.2. The van der Waals surface area contributed by atoms with Crippen LogP contribution in [-0.2, 0) is 14.4 Å². The van der Waals surface area contributed by atoms with Crippen LogP contribution >= 0.6 is 0 Å². The van der Waals surface area contributed by atoms with E-state index in [2.05, 4.69) is 36.3 Å². The topological polar surface area (TPSA) is 81.8 Å². The predicted octanol–water partition coefficient (Wildman–Crippen LogP) is 0.739. The molecule has 152 valence electrons. The maximum atomic E-state index is 13.2. The molecule has 7 nitrogen and oxygen atoms in total. The van der Waals surface area contributed by atoms with E-state index < -0.39 is 0 Å². The number of carbonyl (C=O) groups is 3. The summed E-state index contributed by atoms with van der Waals surface area (Å²) in [6, 6.07) is -0.132. The molecule has 0 bridgehead atoms. The third-order valence-electron chi connectivity index (χ3n) is 5.84. The molecule has 2 heterocycles. The molecule has 3 rings (SSSR count). The van der Waals surface area contributed by atoms with Crippen LogP contribution in [0.25, 0.3) is 0 Å². The zero-order chi connectivity index (χ0) is 19.8. The number of nitrogens with one attached hydrogen (secondary N) is 2. The summed E-state index contributed by atoms with van der Waals surface area (Å²) >= 11 is 0. The molecular weight excluding hydrogens is 344 g/mol. The van der Waals surface area contributed by atoms with Crippen molar-refractivity contribution in [3.05, 3.63) is 0 Å². The maximum Gasteiger partial charge on any atom is 0.242 e. The molecule has 0 aromatic heterocycles. The van der Waals surface area contributed by atoms with Gasteiger partial charge in [-0.1, -0.05) is 20.8 Å². The van der Waals surface area contributed by atoms with Gasteiger partial charge in [-0.25, -0.2) is 0 Å². The molecule has 2 N–H and O–H groups in total. The van der Waals surface area contributed by atoms with Crippen LogP contribution in [0, 0.1) is 11.3 Å². The zero-order valence-corrected chi connectivity index (χ0v) is 17.1. The first kappa shape index (κ1) is 20.1. The van der Waals surface area contributed by atoms with Crippen LogP contribution in [-0.4, -0.2) is 71.8 Å². The Balaban J connectivity index is 1.67. The van der Waals surface area contributed by atoms with Crippen molar-refractivity contribution < 1.29 is 14.4 Å². The van der Waals surface area contributed by atoms with Crippen LogP contribution < -0.4 is 10.6 Å². The van der Waals surface area contributed by atoms with Crippen LogP contribution in [0.4, 0.5) is 0 Å². The lowest BCUT2D eigenvalue weighted by molar-refractivity contribution is -0.144. The molecule has 3 fully saturated rings. The smallest absolute Gasteiger partial charge is 0.242 e. The van der Waals surface area contributed by atoms with Crippen molar-refractivity contribution >= 4 is 17.7 Å². The van der Waals surface area contributed by atoms with E-state index in [0.29, 0.717) is 13.1 Å². The summed E-state index contributed by atoms with van der Waals surface area (Å²) in [5, 5.41) is 5.95. The Labute approximate surface area is 162 Å². The Morgan fingerprint density at radius 3 is 2.48 bits per heavy atom. The van der Waals surface area contributed by atoms with Crippen molar-refractivity contribution in [2.75, 3.05) is 26.2 Å². The third kappa shape index (κ3) is 5.21. The fourth-order valence-corrected chi connectivity index (χ4v) is 4.13. The number of fused-ring (bicyclic) bond motifs is 1. The van der Waals surface area contributed by atoms with Gasteiger partial charge in [0.15, 0.2) is 0 Å². The molecule has 0 aromatic rings. The van der Waals surface area contributed by atoms with Gasteiger partial charge in [0.2, 0.25) is 17.7 Å². The minimum atomic E-state index is -0.303. The molecule has 3 aliphatic rings. The van der Waals surface area contributed by atoms with Crippen LogP contribution in [0.5, 0.6) is 0 Å². The Bertz CT molecular complexity index is 597. The highest BCUT2D eigenvalue weighted by Gasteiger charge is 2.45. The lowest BCUT2D eigenvalue weighted by Crippen LogP contribution is -2.63. The fourth-order valence-electron chi connectivity index (χ4n) is 4.13. The van der Waals surface area contributed by atoms with Crippen LogP contribution in [0.3, 0.4) is 0 Å². The second-order valence-corrected chi connectivity index (χ2v) is 9.62. The summed E-state index contributed by atoms with van der Waals surface area (Å²) < 4.78 is 0. The third-order valence-corrected chi connectivity index (χ3v) is 5.84. The largest absolute Gasteiger partial charge is 0.354 e. The number of piperazine rings is 1. The number of hydrogen-bond acceptors (Lipinski definition) is 4. The summed E-state index contributed by atoms with van der Waals surface area (Å²) in [6.45, 7) is 10.7. The van der Waals surface area contributed by atoms with Gasteiger partial charge in [-0.15, -0.1) is 0 Å². The number of hydrogen-bond donors (Lipinski definition) is 2. The van der Waals surface area contributed by atoms with E-state index in [9.17, 15) is 14.4 Å². The highest BCUT2D eigenvalue weighted by atomic mass is 16.2. The highest BCUT2D eigenvalue weighted by molar-refractivity contribution is 5.86. The van der Waals surface area contributed by atoms with Crippen LogP contribution in [0.1, 0.15) is 53.4 Å². The van der Waals surface area contributed by atoms with E-state index >= 15 is 0 Å². The normalized spacial score (nSPS) is 28.8. The van der Waals surface area contributed by atoms with E-state index in [0.717, 1.165) is 38.8 Å². The van der Waals surface area contributed by atoms with Crippen molar-refractivity contribution in [3.63, 3.8) is 0 Å². The monoisotopic (exact) mass is 378 g/mol. The summed E-state index contributed by atoms with van der Waals surface area (Å²) in [6.07, 6.45) is 3.73. The van der Waals surface area contributed by atoms with Crippen LogP contribution in [0.2, 0.25) is 0 Å². The molecule has 2 aliphatic heterocycles. The number of amides is 3. The molecule has 1 aliphatic carbocycles. The van der Waals surface area contributed by atoms with Gasteiger partial charge in [0.1, 0.15) is 6.04 Å². The average molecular weight is 379 g/mol. The lowest BCUT2D eigenvalue weighted by atomic mass is 9.91. The molecule has 3 amide bonds. The van der Waals surface area contributed by atoms with E-state index in [1.807, 2.05) is 4.90 Å². The van der Waals surface area contributed by atoms with Crippen molar-refractivity contribution in [3.8, 4) is 0 Å². The molecule has 1 saturated carbocycles. The second-order valence-electron chi connectivity index (χ2n) is 9.62. The molecule has 3 atom stereocenters. The molecule has 0 unspecified atom stereocenters.